The molecule has 0 saturated carbocycles. The Hall–Kier alpha value is -2.03. The number of aryl methyl sites for hydroxylation is 2. The Morgan fingerprint density at radius 1 is 1.32 bits per heavy atom. The second-order valence-electron chi connectivity index (χ2n) is 5.09. The van der Waals surface area contributed by atoms with E-state index >= 15 is 0 Å². The molecule has 0 aliphatic carbocycles. The van der Waals surface area contributed by atoms with E-state index in [9.17, 15) is 0 Å². The molecular formula is C16H19N3. The van der Waals surface area contributed by atoms with Crippen LogP contribution in [0.25, 0.3) is 0 Å². The number of benzene rings is 1. The van der Waals surface area contributed by atoms with Crippen molar-refractivity contribution in [2.24, 2.45) is 0 Å². The third-order valence-corrected chi connectivity index (χ3v) is 3.52. The number of aromatic nitrogens is 1. The molecule has 98 valence electrons. The maximum absolute atomic E-state index is 4.21. The van der Waals surface area contributed by atoms with Crippen LogP contribution in [0.4, 0.5) is 11.4 Å². The fourth-order valence-corrected chi connectivity index (χ4v) is 2.58. The smallest absolute Gasteiger partial charge is 0.0532 e. The van der Waals surface area contributed by atoms with Crippen LogP contribution in [0.5, 0.6) is 0 Å². The lowest BCUT2D eigenvalue weighted by Gasteiger charge is -2.21. The number of anilines is 2. The Balaban J connectivity index is 1.77. The van der Waals surface area contributed by atoms with Crippen molar-refractivity contribution in [2.75, 3.05) is 17.2 Å². The molecule has 0 amide bonds. The predicted octanol–water partition coefficient (Wildman–Crippen LogP) is 3.36. The van der Waals surface area contributed by atoms with Crippen molar-refractivity contribution in [3.05, 3.63) is 53.3 Å². The summed E-state index contributed by atoms with van der Waals surface area (Å²) < 4.78 is 0. The summed E-state index contributed by atoms with van der Waals surface area (Å²) >= 11 is 0. The molecule has 1 aliphatic rings. The van der Waals surface area contributed by atoms with E-state index in [0.29, 0.717) is 0 Å². The predicted molar refractivity (Wildman–Crippen MR) is 79.6 cm³/mol. The largest absolute Gasteiger partial charge is 0.385 e. The number of hydrogen-bond acceptors (Lipinski definition) is 3. The minimum Gasteiger partial charge on any atom is -0.385 e. The number of nitrogens with zero attached hydrogens (tertiary/aromatic N) is 1. The van der Waals surface area contributed by atoms with Gasteiger partial charge in [0.05, 0.1) is 5.69 Å². The van der Waals surface area contributed by atoms with Crippen molar-refractivity contribution in [1.82, 2.24) is 4.98 Å². The van der Waals surface area contributed by atoms with Gasteiger partial charge in [-0.25, -0.2) is 0 Å². The summed E-state index contributed by atoms with van der Waals surface area (Å²) in [6.07, 6.45) is 6.15. The van der Waals surface area contributed by atoms with Crippen molar-refractivity contribution >= 4 is 11.4 Å². The van der Waals surface area contributed by atoms with Crippen molar-refractivity contribution in [2.45, 2.75) is 26.3 Å². The summed E-state index contributed by atoms with van der Waals surface area (Å²) in [5, 5.41) is 6.97. The molecule has 1 aromatic carbocycles. The van der Waals surface area contributed by atoms with Crippen LogP contribution in [0.1, 0.15) is 23.1 Å². The van der Waals surface area contributed by atoms with Crippen molar-refractivity contribution < 1.29 is 0 Å². The lowest BCUT2D eigenvalue weighted by atomic mass is 9.99. The molecule has 0 atom stereocenters. The third-order valence-electron chi connectivity index (χ3n) is 3.52. The van der Waals surface area contributed by atoms with E-state index in [0.717, 1.165) is 18.8 Å². The molecule has 1 aromatic heterocycles. The van der Waals surface area contributed by atoms with Crippen molar-refractivity contribution in [1.29, 1.82) is 0 Å². The summed E-state index contributed by atoms with van der Waals surface area (Å²) in [5.74, 6) is 0. The first-order valence-electron chi connectivity index (χ1n) is 6.83. The van der Waals surface area contributed by atoms with Crippen LogP contribution in [-0.2, 0) is 13.0 Å². The SMILES string of the molecule is Cc1cncc(NCc2cccc3c2NCCC3)c1. The number of fused-ring (bicyclic) bond motifs is 1. The molecule has 1 aliphatic heterocycles. The summed E-state index contributed by atoms with van der Waals surface area (Å²) in [7, 11) is 0. The molecule has 0 bridgehead atoms. The molecule has 19 heavy (non-hydrogen) atoms. The number of para-hydroxylation sites is 1. The molecule has 2 heterocycles. The molecule has 0 spiro atoms. The zero-order chi connectivity index (χ0) is 13.1. The van der Waals surface area contributed by atoms with E-state index < -0.39 is 0 Å². The maximum Gasteiger partial charge on any atom is 0.0532 e. The topological polar surface area (TPSA) is 37.0 Å². The molecule has 2 N–H and O–H groups in total. The average Bonchev–Trinajstić information content (AvgIpc) is 2.45. The van der Waals surface area contributed by atoms with E-state index in [1.807, 2.05) is 12.4 Å². The van der Waals surface area contributed by atoms with E-state index in [1.54, 1.807) is 0 Å². The highest BCUT2D eigenvalue weighted by Crippen LogP contribution is 2.26. The van der Waals surface area contributed by atoms with Gasteiger partial charge in [0.1, 0.15) is 0 Å². The van der Waals surface area contributed by atoms with Gasteiger partial charge in [-0.1, -0.05) is 18.2 Å². The van der Waals surface area contributed by atoms with Gasteiger partial charge in [-0.2, -0.15) is 0 Å². The van der Waals surface area contributed by atoms with Gasteiger partial charge in [-0.15, -0.1) is 0 Å². The van der Waals surface area contributed by atoms with Crippen LogP contribution in [-0.4, -0.2) is 11.5 Å². The lowest BCUT2D eigenvalue weighted by molar-refractivity contribution is 0.825. The van der Waals surface area contributed by atoms with Gasteiger partial charge in [0.25, 0.3) is 0 Å². The monoisotopic (exact) mass is 253 g/mol. The van der Waals surface area contributed by atoms with Gasteiger partial charge < -0.3 is 10.6 Å². The van der Waals surface area contributed by atoms with Crippen molar-refractivity contribution in [3.63, 3.8) is 0 Å². The standard InChI is InChI=1S/C16H19N3/c1-12-8-15(11-17-9-12)19-10-14-5-2-4-13-6-3-7-18-16(13)14/h2,4-5,8-9,11,18-19H,3,6-7,10H2,1H3. The number of hydrogen-bond donors (Lipinski definition) is 2. The van der Waals surface area contributed by atoms with Crippen LogP contribution in [0, 0.1) is 6.92 Å². The molecule has 3 rings (SSSR count). The molecule has 2 aromatic rings. The first-order valence-corrected chi connectivity index (χ1v) is 6.83. The normalized spacial score (nSPS) is 13.5. The highest BCUT2D eigenvalue weighted by Gasteiger charge is 2.11. The van der Waals surface area contributed by atoms with E-state index in [-0.39, 0.29) is 0 Å². The van der Waals surface area contributed by atoms with E-state index in [2.05, 4.69) is 46.8 Å². The van der Waals surface area contributed by atoms with Crippen LogP contribution >= 0.6 is 0 Å². The Labute approximate surface area is 114 Å². The van der Waals surface area contributed by atoms with Gasteiger partial charge in [0, 0.05) is 31.2 Å². The molecule has 0 fully saturated rings. The second-order valence-corrected chi connectivity index (χ2v) is 5.09. The first-order chi connectivity index (χ1) is 9.33. The zero-order valence-electron chi connectivity index (χ0n) is 11.2. The quantitative estimate of drug-likeness (QED) is 0.880. The Kier molecular flexibility index (Phi) is 3.36. The molecule has 0 saturated heterocycles. The summed E-state index contributed by atoms with van der Waals surface area (Å²) in [5.41, 5.74) is 6.35. The zero-order valence-corrected chi connectivity index (χ0v) is 11.2. The van der Waals surface area contributed by atoms with E-state index in [1.165, 1.54) is 35.2 Å². The molecule has 0 unspecified atom stereocenters. The highest BCUT2D eigenvalue weighted by molar-refractivity contribution is 5.60. The fraction of sp³-hybridized carbons (Fsp3) is 0.312. The molecule has 3 nitrogen and oxygen atoms in total. The summed E-state index contributed by atoms with van der Waals surface area (Å²) in [6, 6.07) is 8.68. The van der Waals surface area contributed by atoms with Crippen LogP contribution < -0.4 is 10.6 Å². The summed E-state index contributed by atoms with van der Waals surface area (Å²) in [6.45, 7) is 3.97. The fourth-order valence-electron chi connectivity index (χ4n) is 2.58. The minimum atomic E-state index is 0.835. The lowest BCUT2D eigenvalue weighted by Crippen LogP contribution is -2.15. The van der Waals surface area contributed by atoms with Crippen LogP contribution in [0.3, 0.4) is 0 Å². The first kappa shape index (κ1) is 12.0. The van der Waals surface area contributed by atoms with E-state index in [4.69, 9.17) is 0 Å². The van der Waals surface area contributed by atoms with Gasteiger partial charge in [0.15, 0.2) is 0 Å². The number of rotatable bonds is 3. The van der Waals surface area contributed by atoms with Crippen LogP contribution in [0.2, 0.25) is 0 Å². The average molecular weight is 253 g/mol. The van der Waals surface area contributed by atoms with Gasteiger partial charge >= 0.3 is 0 Å². The van der Waals surface area contributed by atoms with Gasteiger partial charge in [0.2, 0.25) is 0 Å². The summed E-state index contributed by atoms with van der Waals surface area (Å²) in [4.78, 5) is 4.21. The molecular weight excluding hydrogens is 234 g/mol. The minimum absolute atomic E-state index is 0.835. The Morgan fingerprint density at radius 3 is 3.16 bits per heavy atom. The highest BCUT2D eigenvalue weighted by atomic mass is 14.9. The third kappa shape index (κ3) is 2.70. The molecule has 3 heteroatoms. The Bertz CT molecular complexity index is 578. The number of pyridine rings is 1. The Morgan fingerprint density at radius 2 is 2.26 bits per heavy atom. The maximum atomic E-state index is 4.21. The van der Waals surface area contributed by atoms with Gasteiger partial charge in [-0.3, -0.25) is 4.98 Å². The molecule has 0 radical (unpaired) electrons. The second kappa shape index (κ2) is 5.31. The number of nitrogens with one attached hydrogen (secondary N) is 2. The van der Waals surface area contributed by atoms with Crippen molar-refractivity contribution in [3.8, 4) is 0 Å². The van der Waals surface area contributed by atoms with Gasteiger partial charge in [-0.05, 0) is 42.5 Å². The van der Waals surface area contributed by atoms with Crippen LogP contribution in [0.15, 0.2) is 36.7 Å².